The number of benzene rings is 1. The number of hydrogen-bond acceptors (Lipinski definition) is 2. The van der Waals surface area contributed by atoms with E-state index in [0.29, 0.717) is 12.2 Å². The lowest BCUT2D eigenvalue weighted by molar-refractivity contribution is 0.0950. The molecule has 0 aliphatic carbocycles. The van der Waals surface area contributed by atoms with Gasteiger partial charge in [-0.25, -0.2) is 4.98 Å². The number of nitrogens with zero attached hydrogens (tertiary/aromatic N) is 2. The van der Waals surface area contributed by atoms with Crippen LogP contribution in [0.3, 0.4) is 0 Å². The van der Waals surface area contributed by atoms with Crippen molar-refractivity contribution in [1.82, 2.24) is 14.7 Å². The smallest absolute Gasteiger partial charge is 0.271 e. The Balaban J connectivity index is 1.61. The average molecular weight is 265 g/mol. The summed E-state index contributed by atoms with van der Waals surface area (Å²) >= 11 is 0. The van der Waals surface area contributed by atoms with Crippen LogP contribution in [0, 0.1) is 0 Å². The van der Waals surface area contributed by atoms with Crippen LogP contribution in [0.2, 0.25) is 0 Å². The maximum atomic E-state index is 12.0. The number of amides is 1. The van der Waals surface area contributed by atoms with Gasteiger partial charge < -0.3 is 9.72 Å². The van der Waals surface area contributed by atoms with E-state index in [0.717, 1.165) is 12.1 Å². The highest BCUT2D eigenvalue weighted by Crippen LogP contribution is 2.04. The number of rotatable bonds is 4. The molecule has 4 nitrogen and oxygen atoms in total. The molecule has 0 atom stereocenters. The molecule has 0 radical (unpaired) electrons. The first-order valence-electron chi connectivity index (χ1n) is 6.59. The van der Waals surface area contributed by atoms with E-state index in [1.54, 1.807) is 6.20 Å². The molecule has 1 aromatic carbocycles. The van der Waals surface area contributed by atoms with Gasteiger partial charge in [0, 0.05) is 18.9 Å². The largest absolute Gasteiger partial charge is 0.350 e. The Morgan fingerprint density at radius 1 is 1.10 bits per heavy atom. The minimum Gasteiger partial charge on any atom is -0.350 e. The molecule has 2 heterocycles. The van der Waals surface area contributed by atoms with E-state index in [-0.39, 0.29) is 5.91 Å². The number of fused-ring (bicyclic) bond motifs is 1. The second-order valence-corrected chi connectivity index (χ2v) is 4.58. The Labute approximate surface area is 117 Å². The molecule has 1 amide bonds. The molecule has 0 saturated carbocycles. The van der Waals surface area contributed by atoms with Gasteiger partial charge in [-0.05, 0) is 24.1 Å². The highest BCUT2D eigenvalue weighted by atomic mass is 16.1. The van der Waals surface area contributed by atoms with E-state index in [1.165, 1.54) is 5.56 Å². The Bertz CT molecular complexity index is 686. The third-order valence-corrected chi connectivity index (χ3v) is 3.14. The van der Waals surface area contributed by atoms with Crippen LogP contribution in [-0.2, 0) is 6.42 Å². The van der Waals surface area contributed by atoms with Gasteiger partial charge in [-0.2, -0.15) is 0 Å². The average Bonchev–Trinajstić information content (AvgIpc) is 2.92. The predicted molar refractivity (Wildman–Crippen MR) is 77.7 cm³/mol. The predicted octanol–water partition coefficient (Wildman–Crippen LogP) is 2.31. The number of nitrogens with one attached hydrogen (secondary N) is 1. The quantitative estimate of drug-likeness (QED) is 0.787. The van der Waals surface area contributed by atoms with Crippen LogP contribution < -0.4 is 5.32 Å². The van der Waals surface area contributed by atoms with Crippen LogP contribution in [0.5, 0.6) is 0 Å². The maximum Gasteiger partial charge on any atom is 0.271 e. The lowest BCUT2D eigenvalue weighted by atomic mass is 10.1. The van der Waals surface area contributed by atoms with Crippen molar-refractivity contribution in [3.8, 4) is 0 Å². The maximum absolute atomic E-state index is 12.0. The Morgan fingerprint density at radius 3 is 2.70 bits per heavy atom. The van der Waals surface area contributed by atoms with Crippen LogP contribution in [-0.4, -0.2) is 21.8 Å². The topological polar surface area (TPSA) is 46.4 Å². The fraction of sp³-hybridized carbons (Fsp3) is 0.125. The number of carbonyl (C=O) groups excluding carboxylic acids is 1. The zero-order valence-corrected chi connectivity index (χ0v) is 11.0. The summed E-state index contributed by atoms with van der Waals surface area (Å²) in [5, 5.41) is 2.89. The molecular weight excluding hydrogens is 250 g/mol. The third kappa shape index (κ3) is 2.69. The van der Waals surface area contributed by atoms with Gasteiger partial charge in [0.2, 0.25) is 0 Å². The van der Waals surface area contributed by atoms with Crippen molar-refractivity contribution in [2.45, 2.75) is 6.42 Å². The van der Waals surface area contributed by atoms with E-state index in [4.69, 9.17) is 0 Å². The highest BCUT2D eigenvalue weighted by molar-refractivity contribution is 5.92. The van der Waals surface area contributed by atoms with Crippen molar-refractivity contribution in [3.63, 3.8) is 0 Å². The van der Waals surface area contributed by atoms with Crippen molar-refractivity contribution in [2.75, 3.05) is 6.54 Å². The van der Waals surface area contributed by atoms with Crippen LogP contribution in [0.4, 0.5) is 0 Å². The molecule has 0 spiro atoms. The fourth-order valence-corrected chi connectivity index (χ4v) is 2.10. The SMILES string of the molecule is O=C(NCCc1ccccc1)c1cn2ccccc2n1. The zero-order chi connectivity index (χ0) is 13.8. The van der Waals surface area contributed by atoms with Gasteiger partial charge >= 0.3 is 0 Å². The Hall–Kier alpha value is -2.62. The summed E-state index contributed by atoms with van der Waals surface area (Å²) in [4.78, 5) is 16.3. The molecule has 1 N–H and O–H groups in total. The number of carbonyl (C=O) groups is 1. The Kier molecular flexibility index (Phi) is 3.46. The summed E-state index contributed by atoms with van der Waals surface area (Å²) in [6.45, 7) is 0.608. The normalized spacial score (nSPS) is 10.6. The summed E-state index contributed by atoms with van der Waals surface area (Å²) < 4.78 is 1.84. The van der Waals surface area contributed by atoms with Crippen molar-refractivity contribution >= 4 is 11.6 Å². The molecule has 100 valence electrons. The van der Waals surface area contributed by atoms with Gasteiger partial charge in [0.15, 0.2) is 0 Å². The molecule has 0 fully saturated rings. The van der Waals surface area contributed by atoms with Gasteiger partial charge in [0.25, 0.3) is 5.91 Å². The highest BCUT2D eigenvalue weighted by Gasteiger charge is 2.09. The van der Waals surface area contributed by atoms with Gasteiger partial charge in [0.1, 0.15) is 11.3 Å². The van der Waals surface area contributed by atoms with Crippen LogP contribution >= 0.6 is 0 Å². The number of hydrogen-bond donors (Lipinski definition) is 1. The van der Waals surface area contributed by atoms with Crippen LogP contribution in [0.1, 0.15) is 16.1 Å². The molecule has 0 aliphatic heterocycles. The third-order valence-electron chi connectivity index (χ3n) is 3.14. The molecular formula is C16H15N3O. The number of pyridine rings is 1. The summed E-state index contributed by atoms with van der Waals surface area (Å²) in [6.07, 6.45) is 4.44. The molecule has 0 saturated heterocycles. The van der Waals surface area contributed by atoms with Gasteiger partial charge in [-0.15, -0.1) is 0 Å². The molecule has 2 aromatic heterocycles. The standard InChI is InChI=1S/C16H15N3O/c20-16(17-10-9-13-6-2-1-3-7-13)14-12-19-11-5-4-8-15(19)18-14/h1-8,11-12H,9-10H2,(H,17,20). The Morgan fingerprint density at radius 2 is 1.90 bits per heavy atom. The minimum atomic E-state index is -0.135. The van der Waals surface area contributed by atoms with E-state index in [2.05, 4.69) is 22.4 Å². The molecule has 0 unspecified atom stereocenters. The first-order chi connectivity index (χ1) is 9.83. The second kappa shape index (κ2) is 5.57. The monoisotopic (exact) mass is 265 g/mol. The van der Waals surface area contributed by atoms with E-state index >= 15 is 0 Å². The fourth-order valence-electron chi connectivity index (χ4n) is 2.10. The molecule has 3 aromatic rings. The van der Waals surface area contributed by atoms with Crippen LogP contribution in [0.25, 0.3) is 5.65 Å². The first-order valence-corrected chi connectivity index (χ1v) is 6.59. The van der Waals surface area contributed by atoms with Gasteiger partial charge in [0.05, 0.1) is 0 Å². The van der Waals surface area contributed by atoms with E-state index in [9.17, 15) is 4.79 Å². The van der Waals surface area contributed by atoms with Gasteiger partial charge in [-0.1, -0.05) is 36.4 Å². The summed E-state index contributed by atoms with van der Waals surface area (Å²) in [5.74, 6) is -0.135. The molecule has 0 aliphatic rings. The van der Waals surface area contributed by atoms with Gasteiger partial charge in [-0.3, -0.25) is 4.79 Å². The minimum absolute atomic E-state index is 0.135. The molecule has 3 rings (SSSR count). The van der Waals surface area contributed by atoms with Crippen LogP contribution in [0.15, 0.2) is 60.9 Å². The zero-order valence-electron chi connectivity index (χ0n) is 11.0. The molecule has 20 heavy (non-hydrogen) atoms. The van der Waals surface area contributed by atoms with Crippen molar-refractivity contribution in [3.05, 3.63) is 72.2 Å². The van der Waals surface area contributed by atoms with E-state index < -0.39 is 0 Å². The number of aromatic nitrogens is 2. The molecule has 4 heteroatoms. The van der Waals surface area contributed by atoms with Crippen molar-refractivity contribution in [2.24, 2.45) is 0 Å². The van der Waals surface area contributed by atoms with Crippen molar-refractivity contribution < 1.29 is 4.79 Å². The number of imidazole rings is 1. The lowest BCUT2D eigenvalue weighted by Crippen LogP contribution is -2.25. The summed E-state index contributed by atoms with van der Waals surface area (Å²) in [7, 11) is 0. The second-order valence-electron chi connectivity index (χ2n) is 4.58. The first kappa shape index (κ1) is 12.4. The summed E-state index contributed by atoms with van der Waals surface area (Å²) in [5.41, 5.74) is 2.44. The van der Waals surface area contributed by atoms with E-state index in [1.807, 2.05) is 47.0 Å². The van der Waals surface area contributed by atoms with Crippen molar-refractivity contribution in [1.29, 1.82) is 0 Å². The summed E-state index contributed by atoms with van der Waals surface area (Å²) in [6, 6.07) is 15.8. The lowest BCUT2D eigenvalue weighted by Gasteiger charge is -2.03. The molecule has 0 bridgehead atoms.